The van der Waals surface area contributed by atoms with Crippen molar-refractivity contribution in [1.29, 1.82) is 0 Å². The Kier molecular flexibility index (Phi) is 13.6. The van der Waals surface area contributed by atoms with Crippen molar-refractivity contribution < 1.29 is 28.9 Å². The molecule has 0 spiro atoms. The van der Waals surface area contributed by atoms with E-state index in [1.165, 1.54) is 0 Å². The fourth-order valence-corrected chi connectivity index (χ4v) is 3.98. The van der Waals surface area contributed by atoms with E-state index < -0.39 is 12.1 Å². The van der Waals surface area contributed by atoms with Gasteiger partial charge in [-0.2, -0.15) is 0 Å². The molecule has 2 aromatic carbocycles. The summed E-state index contributed by atoms with van der Waals surface area (Å²) in [5.41, 5.74) is 1.69. The molecule has 0 heterocycles. The molecule has 2 aromatic rings. The van der Waals surface area contributed by atoms with Crippen LogP contribution in [0.1, 0.15) is 38.3 Å². The highest BCUT2D eigenvalue weighted by molar-refractivity contribution is 6.34. The largest absolute Gasteiger partial charge is 0.492 e. The Balaban J connectivity index is 1.87. The molecule has 2 N–H and O–H groups in total. The van der Waals surface area contributed by atoms with Crippen LogP contribution in [0, 0.1) is 0 Å². The first kappa shape index (κ1) is 30.7. The second kappa shape index (κ2) is 16.3. The first-order valence-corrected chi connectivity index (χ1v) is 13.1. The van der Waals surface area contributed by atoms with Crippen molar-refractivity contribution in [3.63, 3.8) is 0 Å². The van der Waals surface area contributed by atoms with Gasteiger partial charge in [0.15, 0.2) is 6.10 Å². The third-order valence-electron chi connectivity index (χ3n) is 5.58. The number of ether oxygens (including phenoxy) is 3. The van der Waals surface area contributed by atoms with Crippen LogP contribution in [-0.2, 0) is 27.3 Å². The third kappa shape index (κ3) is 11.6. The third-order valence-corrected chi connectivity index (χ3v) is 6.02. The summed E-state index contributed by atoms with van der Waals surface area (Å²) in [6.07, 6.45) is 0.210. The number of nitrogens with zero attached hydrogens (tertiary/aromatic N) is 1. The summed E-state index contributed by atoms with van der Waals surface area (Å²) in [6.45, 7) is 7.75. The maximum Gasteiger partial charge on any atom is 0.333 e. The lowest BCUT2D eigenvalue weighted by molar-refractivity contribution is -0.149. The second-order valence-electron chi connectivity index (χ2n) is 8.55. The Morgan fingerprint density at radius 3 is 2.24 bits per heavy atom. The SMILES string of the molecule is CCOC(Cc1ccc(OCCN(CCOCc2cc(Cl)cc(Cl)c2)C(=O)NC(C)CC)cc1)C(=O)O. The van der Waals surface area contributed by atoms with Crippen molar-refractivity contribution in [3.8, 4) is 5.75 Å². The number of rotatable bonds is 16. The summed E-state index contributed by atoms with van der Waals surface area (Å²) in [4.78, 5) is 25.7. The number of amides is 2. The number of carbonyl (C=O) groups is 2. The normalized spacial score (nSPS) is 12.6. The number of halogens is 2. The minimum absolute atomic E-state index is 0.0456. The Morgan fingerprint density at radius 2 is 1.65 bits per heavy atom. The van der Waals surface area contributed by atoms with Crippen molar-refractivity contribution in [2.45, 2.75) is 52.4 Å². The Labute approximate surface area is 228 Å². The smallest absolute Gasteiger partial charge is 0.333 e. The van der Waals surface area contributed by atoms with Crippen molar-refractivity contribution >= 4 is 35.2 Å². The average Bonchev–Trinajstić information content (AvgIpc) is 2.85. The standard InChI is InChI=1S/C27H36Cl2N2O6/c1-4-19(3)30-27(34)31(10-12-35-18-21-14-22(28)17-23(29)15-21)11-13-37-24-8-6-20(7-9-24)16-25(26(32)33)36-5-2/h6-9,14-15,17,19,25H,4-5,10-13,16,18H2,1-3H3,(H,30,34)(H,32,33). The van der Waals surface area contributed by atoms with E-state index in [0.29, 0.717) is 48.7 Å². The summed E-state index contributed by atoms with van der Waals surface area (Å²) in [6, 6.07) is 12.3. The molecule has 2 rings (SSSR count). The molecule has 0 bridgehead atoms. The molecule has 0 saturated carbocycles. The minimum Gasteiger partial charge on any atom is -0.492 e. The van der Waals surface area contributed by atoms with Gasteiger partial charge in [-0.05, 0) is 61.7 Å². The molecule has 2 unspecified atom stereocenters. The number of carboxylic acid groups (broad SMARTS) is 1. The highest BCUT2D eigenvalue weighted by Gasteiger charge is 2.18. The van der Waals surface area contributed by atoms with Crippen LogP contribution in [0.2, 0.25) is 10.0 Å². The Hall–Kier alpha value is -2.52. The lowest BCUT2D eigenvalue weighted by Gasteiger charge is -2.25. The molecule has 0 aliphatic carbocycles. The molecule has 8 nitrogen and oxygen atoms in total. The molecule has 0 aromatic heterocycles. The van der Waals surface area contributed by atoms with Gasteiger partial charge in [0.05, 0.1) is 19.8 Å². The predicted molar refractivity (Wildman–Crippen MR) is 145 cm³/mol. The van der Waals surface area contributed by atoms with Crippen LogP contribution in [0.4, 0.5) is 4.79 Å². The molecule has 204 valence electrons. The van der Waals surface area contributed by atoms with Crippen molar-refractivity contribution in [2.24, 2.45) is 0 Å². The summed E-state index contributed by atoms with van der Waals surface area (Å²) in [5, 5.41) is 13.3. The molecular formula is C27H36Cl2N2O6. The monoisotopic (exact) mass is 554 g/mol. The van der Waals surface area contributed by atoms with Crippen LogP contribution in [0.15, 0.2) is 42.5 Å². The molecule has 2 atom stereocenters. The summed E-state index contributed by atoms with van der Waals surface area (Å²) in [5.74, 6) is -0.360. The van der Waals surface area contributed by atoms with Crippen LogP contribution in [0.5, 0.6) is 5.75 Å². The van der Waals surface area contributed by atoms with Gasteiger partial charge in [0, 0.05) is 35.7 Å². The molecule has 2 amide bonds. The zero-order chi connectivity index (χ0) is 27.2. The number of carbonyl (C=O) groups excluding carboxylic acids is 1. The molecule has 0 aliphatic heterocycles. The van der Waals surface area contributed by atoms with E-state index in [4.69, 9.17) is 37.4 Å². The van der Waals surface area contributed by atoms with Gasteiger partial charge in [-0.3, -0.25) is 0 Å². The van der Waals surface area contributed by atoms with Crippen molar-refractivity contribution in [2.75, 3.05) is 32.9 Å². The number of nitrogens with one attached hydrogen (secondary N) is 1. The van der Waals surface area contributed by atoms with Crippen LogP contribution in [-0.4, -0.2) is 67.1 Å². The number of urea groups is 1. The number of aliphatic carboxylic acids is 1. The number of hydrogen-bond donors (Lipinski definition) is 2. The van der Waals surface area contributed by atoms with Gasteiger partial charge in [-0.15, -0.1) is 0 Å². The van der Waals surface area contributed by atoms with Gasteiger partial charge >= 0.3 is 12.0 Å². The highest BCUT2D eigenvalue weighted by Crippen LogP contribution is 2.19. The molecule has 0 saturated heterocycles. The van der Waals surface area contributed by atoms with E-state index >= 15 is 0 Å². The van der Waals surface area contributed by atoms with Crippen molar-refractivity contribution in [3.05, 3.63) is 63.6 Å². The lowest BCUT2D eigenvalue weighted by atomic mass is 10.1. The van der Waals surface area contributed by atoms with Gasteiger partial charge in [-0.25, -0.2) is 9.59 Å². The van der Waals surface area contributed by atoms with Crippen LogP contribution in [0.25, 0.3) is 0 Å². The topological polar surface area (TPSA) is 97.3 Å². The first-order chi connectivity index (χ1) is 17.7. The number of carboxylic acids is 1. The summed E-state index contributed by atoms with van der Waals surface area (Å²) >= 11 is 12.1. The summed E-state index contributed by atoms with van der Waals surface area (Å²) < 4.78 is 16.9. The quantitative estimate of drug-likeness (QED) is 0.268. The molecular weight excluding hydrogens is 519 g/mol. The zero-order valence-electron chi connectivity index (χ0n) is 21.5. The number of hydrogen-bond acceptors (Lipinski definition) is 5. The number of benzene rings is 2. The maximum atomic E-state index is 12.8. The minimum atomic E-state index is -0.988. The Morgan fingerprint density at radius 1 is 1.00 bits per heavy atom. The van der Waals surface area contributed by atoms with Gasteiger partial charge < -0.3 is 29.5 Å². The lowest BCUT2D eigenvalue weighted by Crippen LogP contribution is -2.46. The second-order valence-corrected chi connectivity index (χ2v) is 9.43. The van der Waals surface area contributed by atoms with Gasteiger partial charge in [-0.1, -0.05) is 42.3 Å². The molecule has 0 radical (unpaired) electrons. The fourth-order valence-electron chi connectivity index (χ4n) is 3.41. The van der Waals surface area contributed by atoms with E-state index in [-0.39, 0.29) is 25.1 Å². The van der Waals surface area contributed by atoms with Crippen LogP contribution in [0.3, 0.4) is 0 Å². The molecule has 0 aliphatic rings. The van der Waals surface area contributed by atoms with Gasteiger partial charge in [0.25, 0.3) is 0 Å². The highest BCUT2D eigenvalue weighted by atomic mass is 35.5. The fraction of sp³-hybridized carbons (Fsp3) is 0.481. The van der Waals surface area contributed by atoms with Gasteiger partial charge in [0.1, 0.15) is 12.4 Å². The molecule has 10 heteroatoms. The van der Waals surface area contributed by atoms with Crippen LogP contribution < -0.4 is 10.1 Å². The van der Waals surface area contributed by atoms with E-state index in [9.17, 15) is 14.7 Å². The molecule has 37 heavy (non-hydrogen) atoms. The van der Waals surface area contributed by atoms with Gasteiger partial charge in [0.2, 0.25) is 0 Å². The van der Waals surface area contributed by atoms with E-state index in [1.807, 2.05) is 26.0 Å². The van der Waals surface area contributed by atoms with E-state index in [0.717, 1.165) is 17.5 Å². The maximum absolute atomic E-state index is 12.8. The summed E-state index contributed by atoms with van der Waals surface area (Å²) in [7, 11) is 0. The van der Waals surface area contributed by atoms with E-state index in [1.54, 1.807) is 42.2 Å². The average molecular weight is 555 g/mol. The predicted octanol–water partition coefficient (Wildman–Crippen LogP) is 5.43. The zero-order valence-corrected chi connectivity index (χ0v) is 23.1. The van der Waals surface area contributed by atoms with Crippen molar-refractivity contribution in [1.82, 2.24) is 10.2 Å². The van der Waals surface area contributed by atoms with Crippen LogP contribution >= 0.6 is 23.2 Å². The van der Waals surface area contributed by atoms with E-state index in [2.05, 4.69) is 5.32 Å². The molecule has 0 fully saturated rings. The Bertz CT molecular complexity index is 969. The first-order valence-electron chi connectivity index (χ1n) is 12.4.